The molecule has 5 heteroatoms. The standard InChI is InChI=1S/C12H16N2O3/c1-4-17-12(16)9-10(8-5-6-8)13-14(3)11(9)7(2)15/h8H,4-6H2,1-3H3. The minimum Gasteiger partial charge on any atom is -0.462 e. The predicted octanol–water partition coefficient (Wildman–Crippen LogP) is 1.68. The van der Waals surface area contributed by atoms with Gasteiger partial charge in [0.25, 0.3) is 0 Å². The minimum atomic E-state index is -0.437. The molecule has 1 fully saturated rings. The first kappa shape index (κ1) is 11.8. The summed E-state index contributed by atoms with van der Waals surface area (Å²) in [5, 5.41) is 4.29. The molecule has 0 atom stereocenters. The fraction of sp³-hybridized carbons (Fsp3) is 0.583. The summed E-state index contributed by atoms with van der Waals surface area (Å²) in [6, 6.07) is 0. The number of aromatic nitrogens is 2. The lowest BCUT2D eigenvalue weighted by atomic mass is 10.1. The third-order valence-corrected chi connectivity index (χ3v) is 2.85. The van der Waals surface area contributed by atoms with Gasteiger partial charge in [-0.2, -0.15) is 5.10 Å². The first-order valence-corrected chi connectivity index (χ1v) is 5.81. The summed E-state index contributed by atoms with van der Waals surface area (Å²) in [4.78, 5) is 23.5. The molecule has 1 aromatic rings. The quantitative estimate of drug-likeness (QED) is 0.589. The molecule has 1 aromatic heterocycles. The summed E-state index contributed by atoms with van der Waals surface area (Å²) in [5.74, 6) is -0.281. The van der Waals surface area contributed by atoms with E-state index in [4.69, 9.17) is 4.74 Å². The van der Waals surface area contributed by atoms with Gasteiger partial charge in [-0.05, 0) is 19.8 Å². The Balaban J connectivity index is 2.50. The van der Waals surface area contributed by atoms with E-state index >= 15 is 0 Å². The van der Waals surface area contributed by atoms with Crippen LogP contribution in [-0.4, -0.2) is 28.1 Å². The topological polar surface area (TPSA) is 61.2 Å². The van der Waals surface area contributed by atoms with Gasteiger partial charge in [0.1, 0.15) is 11.3 Å². The maximum atomic E-state index is 11.9. The number of nitrogens with zero attached hydrogens (tertiary/aromatic N) is 2. The van der Waals surface area contributed by atoms with E-state index in [1.54, 1.807) is 14.0 Å². The molecule has 0 bridgehead atoms. The average molecular weight is 236 g/mol. The van der Waals surface area contributed by atoms with Crippen LogP contribution in [0.1, 0.15) is 59.1 Å². The monoisotopic (exact) mass is 236 g/mol. The number of esters is 1. The Morgan fingerprint density at radius 3 is 2.59 bits per heavy atom. The number of hydrogen-bond acceptors (Lipinski definition) is 4. The van der Waals surface area contributed by atoms with Gasteiger partial charge in [0.15, 0.2) is 5.78 Å². The molecule has 0 spiro atoms. The Bertz CT molecular complexity index is 472. The zero-order chi connectivity index (χ0) is 12.6. The molecule has 1 saturated carbocycles. The fourth-order valence-electron chi connectivity index (χ4n) is 2.00. The van der Waals surface area contributed by atoms with E-state index in [1.165, 1.54) is 11.6 Å². The summed E-state index contributed by atoms with van der Waals surface area (Å²) in [7, 11) is 1.69. The van der Waals surface area contributed by atoms with E-state index in [2.05, 4.69) is 5.10 Å². The molecule has 0 aromatic carbocycles. The van der Waals surface area contributed by atoms with E-state index in [-0.39, 0.29) is 5.78 Å². The number of hydrogen-bond donors (Lipinski definition) is 0. The van der Waals surface area contributed by atoms with Crippen molar-refractivity contribution in [2.24, 2.45) is 7.05 Å². The van der Waals surface area contributed by atoms with Crippen molar-refractivity contribution < 1.29 is 14.3 Å². The molecule has 5 nitrogen and oxygen atoms in total. The normalized spacial score (nSPS) is 14.8. The van der Waals surface area contributed by atoms with Crippen LogP contribution in [0.2, 0.25) is 0 Å². The highest BCUT2D eigenvalue weighted by Gasteiger charge is 2.35. The van der Waals surface area contributed by atoms with Crippen LogP contribution in [0.5, 0.6) is 0 Å². The number of ketones is 1. The number of ether oxygens (including phenoxy) is 1. The smallest absolute Gasteiger partial charge is 0.342 e. The van der Waals surface area contributed by atoms with E-state index in [1.807, 2.05) is 0 Å². The van der Waals surface area contributed by atoms with Gasteiger partial charge in [0, 0.05) is 19.9 Å². The fourth-order valence-corrected chi connectivity index (χ4v) is 2.00. The van der Waals surface area contributed by atoms with Gasteiger partial charge in [-0.1, -0.05) is 0 Å². The molecule has 0 aliphatic heterocycles. The molecule has 0 N–H and O–H groups in total. The predicted molar refractivity (Wildman–Crippen MR) is 61.1 cm³/mol. The second-order valence-electron chi connectivity index (χ2n) is 4.28. The maximum Gasteiger partial charge on any atom is 0.342 e. The second kappa shape index (κ2) is 4.31. The lowest BCUT2D eigenvalue weighted by Crippen LogP contribution is -2.12. The molecule has 1 heterocycles. The van der Waals surface area contributed by atoms with E-state index in [0.29, 0.717) is 23.8 Å². The van der Waals surface area contributed by atoms with Crippen LogP contribution in [0.25, 0.3) is 0 Å². The first-order valence-electron chi connectivity index (χ1n) is 5.81. The van der Waals surface area contributed by atoms with Crippen LogP contribution in [0.3, 0.4) is 0 Å². The van der Waals surface area contributed by atoms with Crippen molar-refractivity contribution in [3.8, 4) is 0 Å². The highest BCUT2D eigenvalue weighted by Crippen LogP contribution is 2.41. The largest absolute Gasteiger partial charge is 0.462 e. The maximum absolute atomic E-state index is 11.9. The molecule has 1 aliphatic rings. The summed E-state index contributed by atoms with van der Waals surface area (Å²) in [5.41, 5.74) is 1.44. The lowest BCUT2D eigenvalue weighted by molar-refractivity contribution is 0.0521. The minimum absolute atomic E-state index is 0.157. The molecule has 0 amide bonds. The van der Waals surface area contributed by atoms with Crippen molar-refractivity contribution >= 4 is 11.8 Å². The number of rotatable bonds is 4. The number of carbonyl (C=O) groups is 2. The van der Waals surface area contributed by atoms with Crippen molar-refractivity contribution in [2.75, 3.05) is 6.61 Å². The number of aryl methyl sites for hydroxylation is 1. The summed E-state index contributed by atoms with van der Waals surface area (Å²) >= 11 is 0. The molecule has 17 heavy (non-hydrogen) atoms. The van der Waals surface area contributed by atoms with Gasteiger partial charge >= 0.3 is 5.97 Å². The van der Waals surface area contributed by atoms with Crippen molar-refractivity contribution in [3.05, 3.63) is 17.0 Å². The summed E-state index contributed by atoms with van der Waals surface area (Å²) < 4.78 is 6.49. The van der Waals surface area contributed by atoms with Crippen LogP contribution in [-0.2, 0) is 11.8 Å². The zero-order valence-corrected chi connectivity index (χ0v) is 10.3. The van der Waals surface area contributed by atoms with Gasteiger partial charge < -0.3 is 4.74 Å². The van der Waals surface area contributed by atoms with Crippen LogP contribution in [0.15, 0.2) is 0 Å². The SMILES string of the molecule is CCOC(=O)c1c(C2CC2)nn(C)c1C(C)=O. The van der Waals surface area contributed by atoms with Gasteiger partial charge in [0.05, 0.1) is 12.3 Å². The molecule has 0 unspecified atom stereocenters. The van der Waals surface area contributed by atoms with E-state index in [0.717, 1.165) is 18.5 Å². The third-order valence-electron chi connectivity index (χ3n) is 2.85. The molecule has 2 rings (SSSR count). The van der Waals surface area contributed by atoms with Gasteiger partial charge in [-0.15, -0.1) is 0 Å². The molecule has 0 saturated heterocycles. The molecular formula is C12H16N2O3. The molecule has 1 aliphatic carbocycles. The Labute approximate surface area is 99.8 Å². The van der Waals surface area contributed by atoms with Crippen LogP contribution >= 0.6 is 0 Å². The van der Waals surface area contributed by atoms with E-state index in [9.17, 15) is 9.59 Å². The van der Waals surface area contributed by atoms with Crippen LogP contribution < -0.4 is 0 Å². The van der Waals surface area contributed by atoms with Crippen molar-refractivity contribution in [1.29, 1.82) is 0 Å². The lowest BCUT2D eigenvalue weighted by Gasteiger charge is -2.03. The highest BCUT2D eigenvalue weighted by molar-refractivity contribution is 6.05. The van der Waals surface area contributed by atoms with Crippen molar-refractivity contribution in [2.45, 2.75) is 32.6 Å². The summed E-state index contributed by atoms with van der Waals surface area (Å²) in [6.45, 7) is 3.49. The van der Waals surface area contributed by atoms with Crippen molar-refractivity contribution in [3.63, 3.8) is 0 Å². The molecular weight excluding hydrogens is 220 g/mol. The summed E-state index contributed by atoms with van der Waals surface area (Å²) in [6.07, 6.45) is 2.06. The van der Waals surface area contributed by atoms with Gasteiger partial charge in [-0.3, -0.25) is 9.48 Å². The Kier molecular flexibility index (Phi) is 3.00. The highest BCUT2D eigenvalue weighted by atomic mass is 16.5. The third kappa shape index (κ3) is 2.09. The van der Waals surface area contributed by atoms with Crippen LogP contribution in [0, 0.1) is 0 Å². The Morgan fingerprint density at radius 2 is 2.12 bits per heavy atom. The Morgan fingerprint density at radius 1 is 1.47 bits per heavy atom. The number of carbonyl (C=O) groups excluding carboxylic acids is 2. The van der Waals surface area contributed by atoms with Gasteiger partial charge in [0.2, 0.25) is 0 Å². The average Bonchev–Trinajstić information content (AvgIpc) is 3.02. The van der Waals surface area contributed by atoms with E-state index < -0.39 is 5.97 Å². The zero-order valence-electron chi connectivity index (χ0n) is 10.3. The molecule has 0 radical (unpaired) electrons. The second-order valence-corrected chi connectivity index (χ2v) is 4.28. The van der Waals surface area contributed by atoms with Crippen molar-refractivity contribution in [1.82, 2.24) is 9.78 Å². The number of Topliss-reactive ketones (excluding diaryl/α,β-unsaturated/α-hetero) is 1. The van der Waals surface area contributed by atoms with Gasteiger partial charge in [-0.25, -0.2) is 4.79 Å². The Hall–Kier alpha value is -1.65. The van der Waals surface area contributed by atoms with Crippen LogP contribution in [0.4, 0.5) is 0 Å². The molecule has 92 valence electrons. The first-order chi connectivity index (χ1) is 8.06.